The summed E-state index contributed by atoms with van der Waals surface area (Å²) in [7, 11) is 1.20. The lowest BCUT2D eigenvalue weighted by Gasteiger charge is -2.21. The first-order chi connectivity index (χ1) is 9.02. The van der Waals surface area contributed by atoms with Crippen molar-refractivity contribution in [1.29, 1.82) is 0 Å². The quantitative estimate of drug-likeness (QED) is 0.602. The van der Waals surface area contributed by atoms with Crippen LogP contribution in [0.5, 0.6) is 0 Å². The number of nitrogens with zero attached hydrogens (tertiary/aromatic N) is 2. The summed E-state index contributed by atoms with van der Waals surface area (Å²) in [6, 6.07) is 2.96. The maximum Gasteiger partial charge on any atom is 0.328 e. The zero-order valence-corrected chi connectivity index (χ0v) is 10.2. The van der Waals surface area contributed by atoms with Crippen LogP contribution < -0.4 is 0 Å². The van der Waals surface area contributed by atoms with E-state index in [1.54, 1.807) is 0 Å². The number of aliphatic hydroxyl groups is 1. The Bertz CT molecular complexity index is 508. The molecule has 0 bridgehead atoms. The standard InChI is InChI=1S/C12H13FN2O4/c1-19-12(18)9-5-7(16)6-15(9)11(17)8-3-2-4-10(13)14-8/h2-4,7,9,16H,5-6H2,1H3. The fourth-order valence-corrected chi connectivity index (χ4v) is 2.07. The zero-order valence-electron chi connectivity index (χ0n) is 10.2. The van der Waals surface area contributed by atoms with Crippen molar-refractivity contribution < 1.29 is 23.8 Å². The molecule has 1 N–H and O–H groups in total. The number of carbonyl (C=O) groups is 2. The van der Waals surface area contributed by atoms with E-state index >= 15 is 0 Å². The summed E-state index contributed by atoms with van der Waals surface area (Å²) < 4.78 is 17.6. The highest BCUT2D eigenvalue weighted by Gasteiger charge is 2.40. The highest BCUT2D eigenvalue weighted by Crippen LogP contribution is 2.21. The summed E-state index contributed by atoms with van der Waals surface area (Å²) in [5, 5.41) is 9.57. The molecule has 0 radical (unpaired) electrons. The number of hydrogen-bond donors (Lipinski definition) is 1. The SMILES string of the molecule is COC(=O)C1CC(O)CN1C(=O)c1cccc(F)n1. The highest BCUT2D eigenvalue weighted by atomic mass is 19.1. The molecule has 2 atom stereocenters. The van der Waals surface area contributed by atoms with Crippen LogP contribution in [-0.4, -0.2) is 52.7 Å². The Hall–Kier alpha value is -2.02. The molecule has 2 unspecified atom stereocenters. The average molecular weight is 268 g/mol. The summed E-state index contributed by atoms with van der Waals surface area (Å²) in [6.45, 7) is -0.00318. The summed E-state index contributed by atoms with van der Waals surface area (Å²) in [5.41, 5.74) is -0.108. The molecule has 0 saturated carbocycles. The molecule has 19 heavy (non-hydrogen) atoms. The topological polar surface area (TPSA) is 79.7 Å². The summed E-state index contributed by atoms with van der Waals surface area (Å²) in [4.78, 5) is 28.3. The second-order valence-corrected chi connectivity index (χ2v) is 4.23. The van der Waals surface area contributed by atoms with Gasteiger partial charge in [0.2, 0.25) is 5.95 Å². The number of β-amino-alcohol motifs (C(OH)–C–C–N with tert-alkyl or cyclic N) is 1. The molecule has 6 nitrogen and oxygen atoms in total. The summed E-state index contributed by atoms with van der Waals surface area (Å²) in [5.74, 6) is -1.99. The van der Waals surface area contributed by atoms with Gasteiger partial charge in [-0.25, -0.2) is 9.78 Å². The number of likely N-dealkylation sites (tertiary alicyclic amines) is 1. The molecule has 102 valence electrons. The third-order valence-corrected chi connectivity index (χ3v) is 2.95. The molecule has 1 amide bonds. The van der Waals surface area contributed by atoms with Crippen LogP contribution in [0.15, 0.2) is 18.2 Å². The monoisotopic (exact) mass is 268 g/mol. The Balaban J connectivity index is 2.24. The number of methoxy groups -OCH3 is 1. The predicted molar refractivity (Wildman–Crippen MR) is 61.7 cm³/mol. The number of aromatic nitrogens is 1. The van der Waals surface area contributed by atoms with Gasteiger partial charge in [0.25, 0.3) is 5.91 Å². The molecule has 0 aliphatic carbocycles. The van der Waals surface area contributed by atoms with Crippen LogP contribution in [0.3, 0.4) is 0 Å². The van der Waals surface area contributed by atoms with Crippen molar-refractivity contribution in [2.24, 2.45) is 0 Å². The van der Waals surface area contributed by atoms with Gasteiger partial charge in [0.05, 0.1) is 13.2 Å². The van der Waals surface area contributed by atoms with Crippen molar-refractivity contribution in [3.8, 4) is 0 Å². The summed E-state index contributed by atoms with van der Waals surface area (Å²) >= 11 is 0. The van der Waals surface area contributed by atoms with Crippen LogP contribution in [0.1, 0.15) is 16.9 Å². The lowest BCUT2D eigenvalue weighted by atomic mass is 10.2. The number of ether oxygens (including phenoxy) is 1. The Morgan fingerprint density at radius 1 is 1.53 bits per heavy atom. The van der Waals surface area contributed by atoms with E-state index in [4.69, 9.17) is 0 Å². The molecule has 1 aliphatic rings. The smallest absolute Gasteiger partial charge is 0.328 e. The Morgan fingerprint density at radius 2 is 2.26 bits per heavy atom. The molecule has 1 aromatic rings. The number of hydrogen-bond acceptors (Lipinski definition) is 5. The lowest BCUT2D eigenvalue weighted by molar-refractivity contribution is -0.145. The average Bonchev–Trinajstić information content (AvgIpc) is 2.79. The number of carbonyl (C=O) groups excluding carboxylic acids is 2. The van der Waals surface area contributed by atoms with E-state index in [0.29, 0.717) is 0 Å². The molecular weight excluding hydrogens is 255 g/mol. The fourth-order valence-electron chi connectivity index (χ4n) is 2.07. The van der Waals surface area contributed by atoms with Crippen LogP contribution in [0.25, 0.3) is 0 Å². The van der Waals surface area contributed by atoms with E-state index in [2.05, 4.69) is 9.72 Å². The van der Waals surface area contributed by atoms with Crippen molar-refractivity contribution in [1.82, 2.24) is 9.88 Å². The van der Waals surface area contributed by atoms with Gasteiger partial charge in [-0.2, -0.15) is 4.39 Å². The van der Waals surface area contributed by atoms with Crippen LogP contribution in [-0.2, 0) is 9.53 Å². The van der Waals surface area contributed by atoms with Gasteiger partial charge in [-0.3, -0.25) is 4.79 Å². The largest absolute Gasteiger partial charge is 0.467 e. The van der Waals surface area contributed by atoms with Crippen molar-refractivity contribution in [3.05, 3.63) is 29.8 Å². The van der Waals surface area contributed by atoms with Gasteiger partial charge in [-0.05, 0) is 12.1 Å². The van der Waals surface area contributed by atoms with Gasteiger partial charge >= 0.3 is 5.97 Å². The predicted octanol–water partition coefficient (Wildman–Crippen LogP) is -0.0309. The molecule has 1 saturated heterocycles. The molecule has 2 rings (SSSR count). The number of aliphatic hydroxyl groups excluding tert-OH is 1. The van der Waals surface area contributed by atoms with Gasteiger partial charge in [0.15, 0.2) is 0 Å². The van der Waals surface area contributed by atoms with Crippen LogP contribution in [0.4, 0.5) is 4.39 Å². The molecule has 1 aromatic heterocycles. The second-order valence-electron chi connectivity index (χ2n) is 4.23. The number of amides is 1. The van der Waals surface area contributed by atoms with E-state index in [1.807, 2.05) is 0 Å². The molecule has 2 heterocycles. The summed E-state index contributed by atoms with van der Waals surface area (Å²) in [6.07, 6.45) is -0.699. The minimum atomic E-state index is -0.863. The number of esters is 1. The molecule has 0 aromatic carbocycles. The minimum Gasteiger partial charge on any atom is -0.467 e. The molecule has 1 fully saturated rings. The van der Waals surface area contributed by atoms with E-state index in [0.717, 1.165) is 11.0 Å². The van der Waals surface area contributed by atoms with E-state index in [1.165, 1.54) is 19.2 Å². The van der Waals surface area contributed by atoms with Crippen molar-refractivity contribution in [3.63, 3.8) is 0 Å². The Labute approximate surface area is 108 Å². The van der Waals surface area contributed by atoms with Crippen LogP contribution in [0, 0.1) is 5.95 Å². The maximum atomic E-state index is 13.0. The minimum absolute atomic E-state index is 0.00318. The first-order valence-corrected chi connectivity index (χ1v) is 5.72. The van der Waals surface area contributed by atoms with Gasteiger partial charge in [-0.1, -0.05) is 6.07 Å². The zero-order chi connectivity index (χ0) is 14.0. The maximum absolute atomic E-state index is 13.0. The van der Waals surface area contributed by atoms with Crippen molar-refractivity contribution in [2.75, 3.05) is 13.7 Å². The van der Waals surface area contributed by atoms with Gasteiger partial charge in [0.1, 0.15) is 11.7 Å². The fraction of sp³-hybridized carbons (Fsp3) is 0.417. The normalized spacial score (nSPS) is 22.4. The van der Waals surface area contributed by atoms with Crippen LogP contribution in [0.2, 0.25) is 0 Å². The number of halogens is 1. The number of rotatable bonds is 2. The van der Waals surface area contributed by atoms with Gasteiger partial charge in [0, 0.05) is 13.0 Å². The Kier molecular flexibility index (Phi) is 3.75. The first kappa shape index (κ1) is 13.4. The lowest BCUT2D eigenvalue weighted by Crippen LogP contribution is -2.41. The second kappa shape index (κ2) is 5.31. The molecule has 7 heteroatoms. The van der Waals surface area contributed by atoms with Crippen molar-refractivity contribution in [2.45, 2.75) is 18.6 Å². The molecule has 0 spiro atoms. The molecular formula is C12H13FN2O4. The van der Waals surface area contributed by atoms with Crippen LogP contribution >= 0.6 is 0 Å². The Morgan fingerprint density at radius 3 is 2.89 bits per heavy atom. The van der Waals surface area contributed by atoms with E-state index < -0.39 is 30.0 Å². The van der Waals surface area contributed by atoms with Gasteiger partial charge < -0.3 is 14.7 Å². The third kappa shape index (κ3) is 2.70. The van der Waals surface area contributed by atoms with Crippen molar-refractivity contribution >= 4 is 11.9 Å². The molecule has 1 aliphatic heterocycles. The van der Waals surface area contributed by atoms with E-state index in [-0.39, 0.29) is 18.7 Å². The highest BCUT2D eigenvalue weighted by molar-refractivity contribution is 5.95. The first-order valence-electron chi connectivity index (χ1n) is 5.72. The third-order valence-electron chi connectivity index (χ3n) is 2.95. The number of pyridine rings is 1. The van der Waals surface area contributed by atoms with E-state index in [9.17, 15) is 19.1 Å². The van der Waals surface area contributed by atoms with Gasteiger partial charge in [-0.15, -0.1) is 0 Å².